The van der Waals surface area contributed by atoms with Gasteiger partial charge in [-0.15, -0.1) is 0 Å². The second-order valence-electron chi connectivity index (χ2n) is 5.29. The molecular formula is C16H15Cl2N3O4S. The Labute approximate surface area is 163 Å². The molecule has 0 aliphatic carbocycles. The van der Waals surface area contributed by atoms with Gasteiger partial charge in [0.15, 0.2) is 0 Å². The Bertz CT molecular complexity index is 841. The number of thiophene rings is 1. The van der Waals surface area contributed by atoms with Crippen molar-refractivity contribution < 1.29 is 14.5 Å². The zero-order valence-corrected chi connectivity index (χ0v) is 16.0. The third-order valence-corrected chi connectivity index (χ3v) is 4.89. The van der Waals surface area contributed by atoms with E-state index in [4.69, 9.17) is 23.2 Å². The summed E-state index contributed by atoms with van der Waals surface area (Å²) in [6.45, 7) is 1.99. The highest BCUT2D eigenvalue weighted by molar-refractivity contribution is 7.17. The van der Waals surface area contributed by atoms with Gasteiger partial charge in [-0.1, -0.05) is 41.5 Å². The normalized spacial score (nSPS) is 10.4. The molecule has 2 amide bonds. The summed E-state index contributed by atoms with van der Waals surface area (Å²) in [7, 11) is 0. The Hall–Kier alpha value is -2.16. The number of hydrogen-bond acceptors (Lipinski definition) is 5. The Kier molecular flexibility index (Phi) is 6.96. The number of nitrogens with zero attached hydrogens (tertiary/aromatic N) is 2. The monoisotopic (exact) mass is 415 g/mol. The fourth-order valence-corrected chi connectivity index (χ4v) is 3.30. The van der Waals surface area contributed by atoms with Crippen LogP contribution in [0.3, 0.4) is 0 Å². The molecule has 1 aromatic heterocycles. The van der Waals surface area contributed by atoms with Crippen LogP contribution < -0.4 is 5.32 Å². The van der Waals surface area contributed by atoms with Crippen molar-refractivity contribution in [2.45, 2.75) is 13.3 Å². The molecule has 0 unspecified atom stereocenters. The van der Waals surface area contributed by atoms with E-state index >= 15 is 0 Å². The molecule has 1 N–H and O–H groups in total. The van der Waals surface area contributed by atoms with Crippen molar-refractivity contribution in [2.24, 2.45) is 0 Å². The number of hydrogen-bond donors (Lipinski definition) is 1. The van der Waals surface area contributed by atoms with Crippen molar-refractivity contribution in [3.05, 3.63) is 55.4 Å². The van der Waals surface area contributed by atoms with E-state index in [1.807, 2.05) is 6.92 Å². The highest BCUT2D eigenvalue weighted by atomic mass is 35.5. The van der Waals surface area contributed by atoms with Crippen molar-refractivity contribution >= 4 is 57.0 Å². The molecule has 0 aliphatic heterocycles. The fraction of sp³-hybridized carbons (Fsp3) is 0.250. The summed E-state index contributed by atoms with van der Waals surface area (Å²) in [4.78, 5) is 36.6. The maximum absolute atomic E-state index is 12.6. The summed E-state index contributed by atoms with van der Waals surface area (Å²) in [5.74, 6) is -0.876. The van der Waals surface area contributed by atoms with Crippen LogP contribution in [0.1, 0.15) is 23.0 Å². The van der Waals surface area contributed by atoms with E-state index in [9.17, 15) is 19.7 Å². The molecule has 2 rings (SSSR count). The molecule has 7 nitrogen and oxygen atoms in total. The first kappa shape index (κ1) is 20.2. The predicted octanol–water partition coefficient (Wildman–Crippen LogP) is 4.45. The average Bonchev–Trinajstić information content (AvgIpc) is 3.07. The Morgan fingerprint density at radius 3 is 2.62 bits per heavy atom. The van der Waals surface area contributed by atoms with Crippen LogP contribution in [0.25, 0.3) is 0 Å². The first-order valence-corrected chi connectivity index (χ1v) is 9.17. The molecule has 10 heteroatoms. The second-order valence-corrected chi connectivity index (χ2v) is 7.20. The number of amides is 2. The van der Waals surface area contributed by atoms with Crippen LogP contribution in [0, 0.1) is 10.1 Å². The molecule has 0 radical (unpaired) electrons. The van der Waals surface area contributed by atoms with Crippen LogP contribution >= 0.6 is 34.5 Å². The summed E-state index contributed by atoms with van der Waals surface area (Å²) < 4.78 is 0. The van der Waals surface area contributed by atoms with E-state index in [0.29, 0.717) is 28.7 Å². The Morgan fingerprint density at radius 2 is 2.00 bits per heavy atom. The van der Waals surface area contributed by atoms with E-state index in [0.717, 1.165) is 11.3 Å². The third kappa shape index (κ3) is 5.17. The predicted molar refractivity (Wildman–Crippen MR) is 102 cm³/mol. The number of nitro groups is 1. The summed E-state index contributed by atoms with van der Waals surface area (Å²) in [5, 5.41) is 14.0. The van der Waals surface area contributed by atoms with Crippen LogP contribution in [-0.4, -0.2) is 34.7 Å². The van der Waals surface area contributed by atoms with Crippen molar-refractivity contribution in [3.8, 4) is 0 Å². The first-order valence-electron chi connectivity index (χ1n) is 7.60. The van der Waals surface area contributed by atoms with Crippen molar-refractivity contribution in [1.82, 2.24) is 4.90 Å². The van der Waals surface area contributed by atoms with Gasteiger partial charge in [0.2, 0.25) is 5.91 Å². The molecule has 0 aliphatic rings. The number of anilines is 1. The zero-order chi connectivity index (χ0) is 19.3. The van der Waals surface area contributed by atoms with Crippen molar-refractivity contribution in [2.75, 3.05) is 18.4 Å². The van der Waals surface area contributed by atoms with Crippen molar-refractivity contribution in [1.29, 1.82) is 0 Å². The first-order chi connectivity index (χ1) is 12.3. The summed E-state index contributed by atoms with van der Waals surface area (Å²) in [6, 6.07) is 7.32. The van der Waals surface area contributed by atoms with Gasteiger partial charge in [-0.25, -0.2) is 0 Å². The SMILES string of the molecule is CCCN(CC(=O)Nc1cc(Cl)ccc1Cl)C(=O)c1ccc([N+](=O)[O-])s1. The standard InChI is InChI=1S/C16H15Cl2N3O4S/c1-2-7-20(16(23)13-5-6-15(26-13)21(24)25)9-14(22)19-12-8-10(17)3-4-11(12)18/h3-6,8H,2,7,9H2,1H3,(H,19,22). The van der Waals surface area contributed by atoms with Crippen LogP contribution in [-0.2, 0) is 4.79 Å². The van der Waals surface area contributed by atoms with E-state index in [1.54, 1.807) is 12.1 Å². The minimum Gasteiger partial charge on any atom is -0.329 e. The van der Waals surface area contributed by atoms with Gasteiger partial charge in [0.05, 0.1) is 20.5 Å². The van der Waals surface area contributed by atoms with Gasteiger partial charge in [0.1, 0.15) is 6.54 Å². The molecule has 1 aromatic carbocycles. The molecule has 0 saturated carbocycles. The van der Waals surface area contributed by atoms with Gasteiger partial charge in [-0.2, -0.15) is 0 Å². The third-order valence-electron chi connectivity index (χ3n) is 3.30. The number of halogens is 2. The number of nitrogens with one attached hydrogen (secondary N) is 1. The average molecular weight is 416 g/mol. The highest BCUT2D eigenvalue weighted by Gasteiger charge is 2.22. The van der Waals surface area contributed by atoms with Crippen molar-refractivity contribution in [3.63, 3.8) is 0 Å². The van der Waals surface area contributed by atoms with Gasteiger partial charge >= 0.3 is 5.00 Å². The molecule has 0 spiro atoms. The van der Waals surface area contributed by atoms with Crippen LogP contribution in [0.2, 0.25) is 10.0 Å². The lowest BCUT2D eigenvalue weighted by Crippen LogP contribution is -2.38. The number of carbonyl (C=O) groups is 2. The van der Waals surface area contributed by atoms with Gasteiger partial charge < -0.3 is 10.2 Å². The molecule has 0 fully saturated rings. The van der Waals surface area contributed by atoms with Gasteiger partial charge in [0.25, 0.3) is 5.91 Å². The molecule has 1 heterocycles. The lowest BCUT2D eigenvalue weighted by molar-refractivity contribution is -0.380. The number of carbonyl (C=O) groups excluding carboxylic acids is 2. The highest BCUT2D eigenvalue weighted by Crippen LogP contribution is 2.26. The smallest absolute Gasteiger partial charge is 0.324 e. The Balaban J connectivity index is 2.10. The van der Waals surface area contributed by atoms with E-state index < -0.39 is 16.7 Å². The maximum atomic E-state index is 12.6. The number of rotatable bonds is 7. The summed E-state index contributed by atoms with van der Waals surface area (Å²) in [5.41, 5.74) is 0.347. The minimum atomic E-state index is -0.556. The molecule has 138 valence electrons. The van der Waals surface area contributed by atoms with E-state index in [-0.39, 0.29) is 16.4 Å². The molecule has 26 heavy (non-hydrogen) atoms. The fourth-order valence-electron chi connectivity index (χ4n) is 2.18. The quantitative estimate of drug-likeness (QED) is 0.533. The van der Waals surface area contributed by atoms with Gasteiger partial charge in [-0.05, 0) is 30.7 Å². The molecule has 0 atom stereocenters. The summed E-state index contributed by atoms with van der Waals surface area (Å²) in [6.07, 6.45) is 0.629. The van der Waals surface area contributed by atoms with Crippen LogP contribution in [0.4, 0.5) is 10.7 Å². The van der Waals surface area contributed by atoms with Gasteiger partial charge in [-0.3, -0.25) is 19.7 Å². The lowest BCUT2D eigenvalue weighted by atomic mass is 10.3. The lowest BCUT2D eigenvalue weighted by Gasteiger charge is -2.21. The molecular weight excluding hydrogens is 401 g/mol. The topological polar surface area (TPSA) is 92.6 Å². The van der Waals surface area contributed by atoms with Crippen LogP contribution in [0.15, 0.2) is 30.3 Å². The molecule has 0 saturated heterocycles. The largest absolute Gasteiger partial charge is 0.329 e. The van der Waals surface area contributed by atoms with E-state index in [1.165, 1.54) is 23.1 Å². The zero-order valence-electron chi connectivity index (χ0n) is 13.7. The summed E-state index contributed by atoms with van der Waals surface area (Å²) >= 11 is 12.7. The second kappa shape index (κ2) is 8.98. The maximum Gasteiger partial charge on any atom is 0.324 e. The Morgan fingerprint density at radius 1 is 1.27 bits per heavy atom. The number of benzene rings is 1. The minimum absolute atomic E-state index is 0.125. The van der Waals surface area contributed by atoms with E-state index in [2.05, 4.69) is 5.32 Å². The van der Waals surface area contributed by atoms with Gasteiger partial charge in [0, 0.05) is 17.6 Å². The molecule has 2 aromatic rings. The molecule has 0 bridgehead atoms. The van der Waals surface area contributed by atoms with Crippen LogP contribution in [0.5, 0.6) is 0 Å².